The zero-order valence-corrected chi connectivity index (χ0v) is 9.24. The lowest BCUT2D eigenvalue weighted by atomic mass is 10.3. The zero-order chi connectivity index (χ0) is 11.3. The van der Waals surface area contributed by atoms with Gasteiger partial charge >= 0.3 is 0 Å². The summed E-state index contributed by atoms with van der Waals surface area (Å²) in [6, 6.07) is 3.42. The van der Waals surface area contributed by atoms with Crippen molar-refractivity contribution in [2.45, 2.75) is 27.2 Å². The van der Waals surface area contributed by atoms with Crippen LogP contribution in [0.3, 0.4) is 0 Å². The van der Waals surface area contributed by atoms with Crippen LogP contribution in [0, 0.1) is 6.92 Å². The van der Waals surface area contributed by atoms with Gasteiger partial charge in [-0.2, -0.15) is 0 Å². The molecule has 0 unspecified atom stereocenters. The Hall–Kier alpha value is -1.71. The molecule has 2 aromatic heterocycles. The predicted molar refractivity (Wildman–Crippen MR) is 60.9 cm³/mol. The number of aryl methyl sites for hydroxylation is 1. The van der Waals surface area contributed by atoms with Crippen molar-refractivity contribution in [2.75, 3.05) is 0 Å². The van der Waals surface area contributed by atoms with Gasteiger partial charge < -0.3 is 4.98 Å². The lowest BCUT2D eigenvalue weighted by Gasteiger charge is -1.95. The molecule has 0 saturated heterocycles. The van der Waals surface area contributed by atoms with E-state index in [2.05, 4.69) is 28.8 Å². The third kappa shape index (κ3) is 2.87. The highest BCUT2D eigenvalue weighted by molar-refractivity contribution is 5.72. The maximum absolute atomic E-state index is 11.3. The number of hydrogen-bond acceptors (Lipinski definition) is 3. The third-order valence-electron chi connectivity index (χ3n) is 1.60. The van der Waals surface area contributed by atoms with Crippen LogP contribution in [0.15, 0.2) is 23.1 Å². The van der Waals surface area contributed by atoms with Gasteiger partial charge in [0.15, 0.2) is 5.65 Å². The quantitative estimate of drug-likeness (QED) is 0.716. The fourth-order valence-corrected chi connectivity index (χ4v) is 1.08. The van der Waals surface area contributed by atoms with Crippen molar-refractivity contribution in [3.8, 4) is 0 Å². The Morgan fingerprint density at radius 1 is 1.40 bits per heavy atom. The van der Waals surface area contributed by atoms with E-state index in [1.807, 2.05) is 0 Å². The minimum absolute atomic E-state index is 0.134. The van der Waals surface area contributed by atoms with E-state index in [4.69, 9.17) is 0 Å². The third-order valence-corrected chi connectivity index (χ3v) is 1.60. The Labute approximate surface area is 88.4 Å². The van der Waals surface area contributed by atoms with Crippen LogP contribution in [0.25, 0.3) is 11.0 Å². The lowest BCUT2D eigenvalue weighted by Crippen LogP contribution is -2.09. The summed E-state index contributed by atoms with van der Waals surface area (Å²) in [5.74, 6) is 0.589. The van der Waals surface area contributed by atoms with Gasteiger partial charge in [0, 0.05) is 6.20 Å². The predicted octanol–water partition coefficient (Wildman–Crippen LogP) is 2.04. The molecule has 15 heavy (non-hydrogen) atoms. The van der Waals surface area contributed by atoms with Crippen LogP contribution in [0.2, 0.25) is 0 Å². The van der Waals surface area contributed by atoms with Gasteiger partial charge in [-0.15, -0.1) is 0 Å². The molecule has 0 aliphatic heterocycles. The summed E-state index contributed by atoms with van der Waals surface area (Å²) in [7, 11) is 0. The summed E-state index contributed by atoms with van der Waals surface area (Å²) in [5.41, 5.74) is 0.365. The van der Waals surface area contributed by atoms with E-state index in [0.717, 1.165) is 0 Å². The molecule has 1 N–H and O–H groups in total. The van der Waals surface area contributed by atoms with Crippen molar-refractivity contribution in [3.05, 3.63) is 34.5 Å². The summed E-state index contributed by atoms with van der Waals surface area (Å²) in [5, 5.41) is 0.531. The standard InChI is InChI=1S/C8H7N3O.C3H8/c1-5-10-7-6(8(12)11-5)3-2-4-9-7;1-3-2/h2-4H,1H3,(H,9,10,11,12);3H2,1-2H3. The summed E-state index contributed by atoms with van der Waals surface area (Å²) < 4.78 is 0. The summed E-state index contributed by atoms with van der Waals surface area (Å²) >= 11 is 0. The highest BCUT2D eigenvalue weighted by Gasteiger charge is 1.99. The normalized spacial score (nSPS) is 9.53. The van der Waals surface area contributed by atoms with Crippen LogP contribution in [-0.2, 0) is 0 Å². The lowest BCUT2D eigenvalue weighted by molar-refractivity contribution is 1.04. The molecule has 0 radical (unpaired) electrons. The second-order valence-electron chi connectivity index (χ2n) is 3.23. The molecule has 0 aromatic carbocycles. The highest BCUT2D eigenvalue weighted by atomic mass is 16.1. The van der Waals surface area contributed by atoms with Crippen molar-refractivity contribution in [1.82, 2.24) is 15.0 Å². The molecule has 0 aliphatic carbocycles. The fraction of sp³-hybridized carbons (Fsp3) is 0.364. The Kier molecular flexibility index (Phi) is 3.97. The van der Waals surface area contributed by atoms with Gasteiger partial charge in [0.25, 0.3) is 5.56 Å². The van der Waals surface area contributed by atoms with Gasteiger partial charge in [0.05, 0.1) is 5.39 Å². The maximum atomic E-state index is 11.3. The van der Waals surface area contributed by atoms with E-state index < -0.39 is 0 Å². The van der Waals surface area contributed by atoms with Crippen molar-refractivity contribution in [2.24, 2.45) is 0 Å². The number of fused-ring (bicyclic) bond motifs is 1. The number of nitrogens with zero attached hydrogens (tertiary/aromatic N) is 2. The number of aromatic nitrogens is 3. The number of H-pyrrole nitrogens is 1. The number of nitrogens with one attached hydrogen (secondary N) is 1. The first kappa shape index (κ1) is 11.4. The van der Waals surface area contributed by atoms with Gasteiger partial charge in [0.2, 0.25) is 0 Å². The summed E-state index contributed by atoms with van der Waals surface area (Å²) in [6.07, 6.45) is 2.87. The van der Waals surface area contributed by atoms with Crippen molar-refractivity contribution >= 4 is 11.0 Å². The number of rotatable bonds is 0. The van der Waals surface area contributed by atoms with Gasteiger partial charge in [-0.05, 0) is 19.1 Å². The first-order valence-electron chi connectivity index (χ1n) is 5.00. The monoisotopic (exact) mass is 205 g/mol. The second kappa shape index (κ2) is 5.24. The zero-order valence-electron chi connectivity index (χ0n) is 9.24. The van der Waals surface area contributed by atoms with E-state index in [0.29, 0.717) is 16.9 Å². The molecule has 0 saturated carbocycles. The fourth-order valence-electron chi connectivity index (χ4n) is 1.08. The van der Waals surface area contributed by atoms with Crippen LogP contribution >= 0.6 is 0 Å². The van der Waals surface area contributed by atoms with Crippen LogP contribution in [0.1, 0.15) is 26.1 Å². The van der Waals surface area contributed by atoms with Crippen LogP contribution in [-0.4, -0.2) is 15.0 Å². The minimum Gasteiger partial charge on any atom is -0.310 e. The molecule has 0 spiro atoms. The van der Waals surface area contributed by atoms with Crippen molar-refractivity contribution in [3.63, 3.8) is 0 Å². The summed E-state index contributed by atoms with van der Waals surface area (Å²) in [4.78, 5) is 21.9. The molecule has 0 atom stereocenters. The molecule has 4 nitrogen and oxygen atoms in total. The van der Waals surface area contributed by atoms with Crippen molar-refractivity contribution < 1.29 is 0 Å². The van der Waals surface area contributed by atoms with Gasteiger partial charge in [-0.3, -0.25) is 4.79 Å². The Bertz CT molecular complexity index is 490. The molecule has 2 aromatic rings. The number of hydrogen-bond donors (Lipinski definition) is 1. The maximum Gasteiger partial charge on any atom is 0.260 e. The van der Waals surface area contributed by atoms with Crippen LogP contribution in [0.5, 0.6) is 0 Å². The van der Waals surface area contributed by atoms with Gasteiger partial charge in [-0.1, -0.05) is 20.3 Å². The second-order valence-corrected chi connectivity index (χ2v) is 3.23. The molecule has 80 valence electrons. The number of pyridine rings is 1. The first-order valence-corrected chi connectivity index (χ1v) is 5.00. The number of aromatic amines is 1. The smallest absolute Gasteiger partial charge is 0.260 e. The molecule has 2 rings (SSSR count). The molecule has 0 aliphatic rings. The molecule has 0 fully saturated rings. The Morgan fingerprint density at radius 2 is 2.07 bits per heavy atom. The largest absolute Gasteiger partial charge is 0.310 e. The molecular formula is C11H15N3O. The summed E-state index contributed by atoms with van der Waals surface area (Å²) in [6.45, 7) is 5.98. The van der Waals surface area contributed by atoms with E-state index in [1.165, 1.54) is 6.42 Å². The first-order chi connectivity index (χ1) is 7.19. The van der Waals surface area contributed by atoms with E-state index in [1.54, 1.807) is 25.3 Å². The molecular weight excluding hydrogens is 190 g/mol. The molecule has 0 amide bonds. The Morgan fingerprint density at radius 3 is 2.73 bits per heavy atom. The molecule has 2 heterocycles. The van der Waals surface area contributed by atoms with Gasteiger partial charge in [-0.25, -0.2) is 9.97 Å². The molecule has 4 heteroatoms. The van der Waals surface area contributed by atoms with E-state index in [-0.39, 0.29) is 5.56 Å². The van der Waals surface area contributed by atoms with Crippen LogP contribution < -0.4 is 5.56 Å². The highest BCUT2D eigenvalue weighted by Crippen LogP contribution is 2.00. The molecule has 0 bridgehead atoms. The van der Waals surface area contributed by atoms with Gasteiger partial charge in [0.1, 0.15) is 5.82 Å². The van der Waals surface area contributed by atoms with Crippen LogP contribution in [0.4, 0.5) is 0 Å². The minimum atomic E-state index is -0.134. The Balaban J connectivity index is 0.000000337. The topological polar surface area (TPSA) is 58.6 Å². The van der Waals surface area contributed by atoms with E-state index in [9.17, 15) is 4.79 Å². The van der Waals surface area contributed by atoms with E-state index >= 15 is 0 Å². The SMILES string of the molecule is CCC.Cc1nc2ncccc2c(=O)[nH]1. The average Bonchev–Trinajstić information content (AvgIpc) is 2.18. The van der Waals surface area contributed by atoms with Crippen molar-refractivity contribution in [1.29, 1.82) is 0 Å². The average molecular weight is 205 g/mol.